The number of thiol groups is 1. The van der Waals surface area contributed by atoms with Gasteiger partial charge in [0.15, 0.2) is 6.29 Å². The zero-order valence-electron chi connectivity index (χ0n) is 14.1. The Labute approximate surface area is 156 Å². The third-order valence-electron chi connectivity index (χ3n) is 4.08. The smallest absolute Gasteiger partial charge is 0.187 e. The summed E-state index contributed by atoms with van der Waals surface area (Å²) in [5.41, 5.74) is 0. The van der Waals surface area contributed by atoms with Crippen molar-refractivity contribution in [3.05, 3.63) is 0 Å². The van der Waals surface area contributed by atoms with Crippen molar-refractivity contribution in [1.29, 1.82) is 0 Å². The van der Waals surface area contributed by atoms with E-state index in [0.717, 1.165) is 0 Å². The monoisotopic (exact) mass is 403 g/mol. The fourth-order valence-electron chi connectivity index (χ4n) is 2.51. The summed E-state index contributed by atoms with van der Waals surface area (Å²) in [5, 5.41) is 80.7. The number of rotatable bonds is 11. The molecule has 26 heavy (non-hydrogen) atoms. The summed E-state index contributed by atoms with van der Waals surface area (Å²) in [4.78, 5) is 0. The van der Waals surface area contributed by atoms with Gasteiger partial charge in [-0.3, -0.25) is 0 Å². The van der Waals surface area contributed by atoms with E-state index in [1.165, 1.54) is 0 Å². The molecule has 0 radical (unpaired) electrons. The number of ether oxygens (including phenoxy) is 2. The molecule has 0 aromatic heterocycles. The highest BCUT2D eigenvalue weighted by molar-refractivity contribution is 7.80. The van der Waals surface area contributed by atoms with Crippen LogP contribution < -0.4 is 5.32 Å². The van der Waals surface area contributed by atoms with Crippen LogP contribution in [-0.4, -0.2) is 128 Å². The number of aliphatic hydroxyl groups is 8. The molecule has 1 aliphatic rings. The summed E-state index contributed by atoms with van der Waals surface area (Å²) in [6.45, 7) is -1.12. The second kappa shape index (κ2) is 11.7. The minimum absolute atomic E-state index is 0.0611. The Kier molecular flexibility index (Phi) is 10.8. The lowest BCUT2D eigenvalue weighted by Crippen LogP contribution is -2.61. The fourth-order valence-corrected chi connectivity index (χ4v) is 2.66. The van der Waals surface area contributed by atoms with Gasteiger partial charge >= 0.3 is 0 Å². The first-order chi connectivity index (χ1) is 12.3. The van der Waals surface area contributed by atoms with Gasteiger partial charge in [0, 0.05) is 18.8 Å². The van der Waals surface area contributed by atoms with E-state index in [0.29, 0.717) is 12.3 Å². The molecule has 1 fully saturated rings. The van der Waals surface area contributed by atoms with Crippen molar-refractivity contribution in [2.24, 2.45) is 0 Å². The zero-order valence-corrected chi connectivity index (χ0v) is 15.0. The molecule has 1 rings (SSSR count). The Bertz CT molecular complexity index is 393. The second-order valence-electron chi connectivity index (χ2n) is 6.03. The first kappa shape index (κ1) is 23.9. The van der Waals surface area contributed by atoms with Crippen LogP contribution in [0.15, 0.2) is 0 Å². The van der Waals surface area contributed by atoms with Crippen LogP contribution >= 0.6 is 12.6 Å². The molecule has 0 amide bonds. The second-order valence-corrected chi connectivity index (χ2v) is 6.48. The lowest BCUT2D eigenvalue weighted by atomic mass is 9.98. The van der Waals surface area contributed by atoms with Gasteiger partial charge in [-0.2, -0.15) is 12.6 Å². The van der Waals surface area contributed by atoms with Gasteiger partial charge < -0.3 is 55.6 Å². The fraction of sp³-hybridized carbons (Fsp3) is 1.00. The summed E-state index contributed by atoms with van der Waals surface area (Å²) in [5.74, 6) is 0.493. The summed E-state index contributed by atoms with van der Waals surface area (Å²) in [7, 11) is 0. The quantitative estimate of drug-likeness (QED) is 0.117. The van der Waals surface area contributed by atoms with Crippen LogP contribution in [0.5, 0.6) is 0 Å². The molecule has 9 atom stereocenters. The first-order valence-electron chi connectivity index (χ1n) is 8.21. The topological polar surface area (TPSA) is 192 Å². The Hall–Kier alpha value is -0.0900. The molecule has 156 valence electrons. The standard InChI is InChI=1S/C14H29NO10S/c16-4-7(19)13(9(20)6(18)3-15-1-2-26)25-14-12(23)11(22)10(21)8(5-17)24-14/h6-23,26H,1-5H2/t6-,7+,8+,9+,10+,11-,12+,13+,14+/m0/s1. The van der Waals surface area contributed by atoms with Crippen molar-refractivity contribution in [2.45, 2.75) is 55.1 Å². The SMILES string of the molecule is OC[C@@H](O)[C@@H](O[C@H]1O[C@H](CO)[C@@H](O)[C@H](O)[C@H]1O)[C@H](O)[C@@H](O)CNCCS. The van der Waals surface area contributed by atoms with Crippen LogP contribution in [-0.2, 0) is 9.47 Å². The maximum absolute atomic E-state index is 10.2. The molecule has 0 aromatic carbocycles. The lowest BCUT2D eigenvalue weighted by Gasteiger charge is -2.42. The Balaban J connectivity index is 2.82. The summed E-state index contributed by atoms with van der Waals surface area (Å²) in [6.07, 6.45) is -14.3. The van der Waals surface area contributed by atoms with Gasteiger partial charge in [0.2, 0.25) is 0 Å². The van der Waals surface area contributed by atoms with Gasteiger partial charge in [-0.15, -0.1) is 0 Å². The van der Waals surface area contributed by atoms with Gasteiger partial charge in [0.1, 0.15) is 42.7 Å². The average molecular weight is 403 g/mol. The molecule has 0 spiro atoms. The molecular weight excluding hydrogens is 374 g/mol. The predicted molar refractivity (Wildman–Crippen MR) is 90.5 cm³/mol. The highest BCUT2D eigenvalue weighted by Crippen LogP contribution is 2.24. The normalized spacial score (nSPS) is 34.3. The maximum Gasteiger partial charge on any atom is 0.187 e. The zero-order chi connectivity index (χ0) is 19.9. The van der Waals surface area contributed by atoms with Crippen molar-refractivity contribution in [1.82, 2.24) is 5.32 Å². The van der Waals surface area contributed by atoms with Crippen molar-refractivity contribution >= 4 is 12.6 Å². The van der Waals surface area contributed by atoms with Gasteiger partial charge in [-0.05, 0) is 0 Å². The van der Waals surface area contributed by atoms with E-state index in [9.17, 15) is 30.6 Å². The van der Waals surface area contributed by atoms with Crippen LogP contribution in [0.4, 0.5) is 0 Å². The van der Waals surface area contributed by atoms with Crippen molar-refractivity contribution in [3.63, 3.8) is 0 Å². The molecule has 9 N–H and O–H groups in total. The lowest BCUT2D eigenvalue weighted by molar-refractivity contribution is -0.327. The largest absolute Gasteiger partial charge is 0.394 e. The van der Waals surface area contributed by atoms with Crippen molar-refractivity contribution < 1.29 is 50.3 Å². The van der Waals surface area contributed by atoms with E-state index in [-0.39, 0.29) is 6.54 Å². The van der Waals surface area contributed by atoms with Crippen LogP contribution in [0.3, 0.4) is 0 Å². The molecule has 11 nitrogen and oxygen atoms in total. The molecule has 1 aliphatic heterocycles. The Morgan fingerprint density at radius 1 is 1.00 bits per heavy atom. The number of hydrogen-bond donors (Lipinski definition) is 10. The van der Waals surface area contributed by atoms with E-state index in [1.54, 1.807) is 0 Å². The molecular formula is C14H29NO10S. The Morgan fingerprint density at radius 2 is 1.65 bits per heavy atom. The van der Waals surface area contributed by atoms with Crippen LogP contribution in [0.2, 0.25) is 0 Å². The van der Waals surface area contributed by atoms with Gasteiger partial charge in [-0.25, -0.2) is 0 Å². The molecule has 1 heterocycles. The van der Waals surface area contributed by atoms with Crippen molar-refractivity contribution in [2.75, 3.05) is 32.1 Å². The molecule has 0 saturated carbocycles. The van der Waals surface area contributed by atoms with E-state index >= 15 is 0 Å². The molecule has 12 heteroatoms. The van der Waals surface area contributed by atoms with E-state index in [2.05, 4.69) is 17.9 Å². The van der Waals surface area contributed by atoms with Gasteiger partial charge in [0.25, 0.3) is 0 Å². The highest BCUT2D eigenvalue weighted by atomic mass is 32.1. The number of nitrogens with one attached hydrogen (secondary N) is 1. The molecule has 0 aliphatic carbocycles. The molecule has 0 bridgehead atoms. The number of hydrogen-bond acceptors (Lipinski definition) is 12. The van der Waals surface area contributed by atoms with Gasteiger partial charge in [-0.1, -0.05) is 0 Å². The maximum atomic E-state index is 10.2. The third kappa shape index (κ3) is 6.22. The molecule has 0 unspecified atom stereocenters. The van der Waals surface area contributed by atoms with Crippen LogP contribution in [0, 0.1) is 0 Å². The molecule has 1 saturated heterocycles. The van der Waals surface area contributed by atoms with E-state index < -0.39 is 68.3 Å². The summed E-state index contributed by atoms with van der Waals surface area (Å²) in [6, 6.07) is 0. The van der Waals surface area contributed by atoms with E-state index in [4.69, 9.17) is 19.7 Å². The average Bonchev–Trinajstić information content (AvgIpc) is 2.64. The summed E-state index contributed by atoms with van der Waals surface area (Å²) < 4.78 is 10.4. The van der Waals surface area contributed by atoms with Crippen molar-refractivity contribution in [3.8, 4) is 0 Å². The third-order valence-corrected chi connectivity index (χ3v) is 4.30. The minimum Gasteiger partial charge on any atom is -0.394 e. The van der Waals surface area contributed by atoms with Gasteiger partial charge in [0.05, 0.1) is 19.3 Å². The summed E-state index contributed by atoms with van der Waals surface area (Å²) >= 11 is 3.98. The number of aliphatic hydroxyl groups excluding tert-OH is 8. The van der Waals surface area contributed by atoms with Crippen LogP contribution in [0.1, 0.15) is 0 Å². The predicted octanol–water partition coefficient (Wildman–Crippen LogP) is -5.23. The minimum atomic E-state index is -1.76. The first-order valence-corrected chi connectivity index (χ1v) is 8.84. The molecule has 0 aromatic rings. The Morgan fingerprint density at radius 3 is 2.19 bits per heavy atom. The van der Waals surface area contributed by atoms with Crippen LogP contribution in [0.25, 0.3) is 0 Å². The highest BCUT2D eigenvalue weighted by Gasteiger charge is 2.46. The van der Waals surface area contributed by atoms with E-state index in [1.807, 2.05) is 0 Å².